The molecule has 0 radical (unpaired) electrons. The Morgan fingerprint density at radius 2 is 1.12 bits per heavy atom. The third kappa shape index (κ3) is 15.5. The fourth-order valence-corrected chi connectivity index (χ4v) is 9.19. The zero-order chi connectivity index (χ0) is 56.1. The van der Waals surface area contributed by atoms with Gasteiger partial charge in [-0.2, -0.15) is 36.3 Å². The van der Waals surface area contributed by atoms with Crippen molar-refractivity contribution in [2.45, 2.75) is 96.2 Å². The van der Waals surface area contributed by atoms with E-state index in [2.05, 4.69) is 35.6 Å². The fraction of sp³-hybridized carbons (Fsp3) is 0.418. The molecule has 0 unspecified atom stereocenters. The summed E-state index contributed by atoms with van der Waals surface area (Å²) in [4.78, 5) is 25.7. The van der Waals surface area contributed by atoms with Gasteiger partial charge in [-0.25, -0.2) is 24.3 Å². The van der Waals surface area contributed by atoms with E-state index in [1.165, 1.54) is 45.0 Å². The Bertz CT molecular complexity index is 3220. The average molecular weight is 1160 g/mol. The van der Waals surface area contributed by atoms with Crippen molar-refractivity contribution in [1.82, 2.24) is 39.0 Å². The Kier molecular flexibility index (Phi) is 22.7. The van der Waals surface area contributed by atoms with Crippen molar-refractivity contribution >= 4 is 22.9 Å². The number of alkyl halides is 6. The third-order valence-electron chi connectivity index (χ3n) is 13.6. The van der Waals surface area contributed by atoms with Crippen molar-refractivity contribution in [3.63, 3.8) is 0 Å². The van der Waals surface area contributed by atoms with E-state index in [9.17, 15) is 30.7 Å². The molecule has 0 aliphatic heterocycles. The molecule has 2 aromatic carbocycles. The Morgan fingerprint density at radius 1 is 0.650 bits per heavy atom. The van der Waals surface area contributed by atoms with E-state index < -0.39 is 29.6 Å². The number of hydrogen-bond donors (Lipinski definition) is 2. The smallest absolute Gasteiger partial charge is 0.689 e. The molecule has 80 heavy (non-hydrogen) atoms. The van der Waals surface area contributed by atoms with Crippen LogP contribution in [0.5, 0.6) is 11.8 Å². The van der Waals surface area contributed by atoms with Gasteiger partial charge in [0.15, 0.2) is 23.0 Å². The molecule has 4 heterocycles. The normalized spacial score (nSPS) is 15.0. The zero-order valence-electron chi connectivity index (χ0n) is 46.1. The van der Waals surface area contributed by atoms with Crippen molar-refractivity contribution in [3.05, 3.63) is 140 Å². The predicted molar refractivity (Wildman–Crippen MR) is 278 cm³/mol. The van der Waals surface area contributed by atoms with E-state index in [1.807, 2.05) is 19.1 Å². The van der Waals surface area contributed by atoms with E-state index in [4.69, 9.17) is 34.7 Å². The minimum Gasteiger partial charge on any atom is -0.689 e. The van der Waals surface area contributed by atoms with E-state index in [0.717, 1.165) is 85.2 Å². The first-order chi connectivity index (χ1) is 37.3. The van der Waals surface area contributed by atoms with Crippen LogP contribution in [0.2, 0.25) is 0 Å². The Hall–Kier alpha value is -4.58. The van der Waals surface area contributed by atoms with Gasteiger partial charge in [-0.3, -0.25) is 10.8 Å². The number of aryl methyl sites for hydroxylation is 3. The molecule has 0 spiro atoms. The minimum atomic E-state index is -4.63. The van der Waals surface area contributed by atoms with Gasteiger partial charge in [-0.05, 0) is 86.0 Å². The maximum atomic E-state index is 14.9. The van der Waals surface area contributed by atoms with Crippen LogP contribution >= 0.6 is 0 Å². The quantitative estimate of drug-likeness (QED) is 0.0399. The number of rotatable bonds is 18. The number of nitrogens with zero attached hydrogens (tertiary/aromatic N) is 10. The molecular weight excluding hydrogens is 1100 g/mol. The van der Waals surface area contributed by atoms with Crippen molar-refractivity contribution in [3.8, 4) is 34.5 Å². The van der Waals surface area contributed by atoms with Crippen LogP contribution in [0.4, 0.5) is 30.7 Å². The third-order valence-corrected chi connectivity index (χ3v) is 13.6. The van der Waals surface area contributed by atoms with Gasteiger partial charge in [0.25, 0.3) is 0 Å². The molecule has 4 aromatic heterocycles. The second-order valence-electron chi connectivity index (χ2n) is 19.1. The summed E-state index contributed by atoms with van der Waals surface area (Å²) < 4.78 is 118. The molecule has 25 heteroatoms. The number of nitrogens with one attached hydrogen (secondary N) is 2. The monoisotopic (exact) mass is 1160 g/mol. The van der Waals surface area contributed by atoms with Crippen LogP contribution in [0.15, 0.2) is 78.6 Å². The number of ether oxygens (including phenoxy) is 4. The maximum Gasteiger partial charge on any atom is 1.00 e. The second-order valence-corrected chi connectivity index (χ2v) is 19.1. The van der Waals surface area contributed by atoms with Crippen LogP contribution in [0.3, 0.4) is 0 Å². The van der Waals surface area contributed by atoms with Gasteiger partial charge < -0.3 is 38.7 Å². The van der Waals surface area contributed by atoms with Crippen LogP contribution < -0.4 is 112 Å². The average Bonchev–Trinajstić information content (AvgIpc) is 4.31. The Balaban J connectivity index is 0.000000252. The molecule has 414 valence electrons. The molecule has 3 aliphatic carbocycles. The summed E-state index contributed by atoms with van der Waals surface area (Å²) in [6.45, 7) is 2.06. The summed E-state index contributed by atoms with van der Waals surface area (Å²) >= 11 is 0. The SMILES string of the molecule is CCc1cnc(/C(C(=N)OC)=C(/[N-]C)C2CC2)nc1OCc1ccc(-c2nc(C(F)(F)F)cn2C)c(F)c1.C[N-]/C(=C(\C(=N)OC)c1ncc(C2CCCC2)c(OCc2ccc(-c3nc(C(F)(F)F)cn3C)cc2)n1)C1CC1.[K+].[K+]. The number of imidazole rings is 2. The summed E-state index contributed by atoms with van der Waals surface area (Å²) in [7, 11) is 9.12. The van der Waals surface area contributed by atoms with E-state index in [-0.39, 0.29) is 169 Å². The molecule has 2 N–H and O–H groups in total. The zero-order valence-corrected chi connectivity index (χ0v) is 52.4. The first-order valence-corrected chi connectivity index (χ1v) is 25.3. The van der Waals surface area contributed by atoms with Gasteiger partial charge in [-0.1, -0.05) is 50.1 Å². The molecule has 3 aliphatic rings. The molecule has 16 nitrogen and oxygen atoms in total. The van der Waals surface area contributed by atoms with Crippen molar-refractivity contribution in [1.29, 1.82) is 10.8 Å². The van der Waals surface area contributed by atoms with Crippen molar-refractivity contribution < 1.29 is 152 Å². The van der Waals surface area contributed by atoms with Crippen molar-refractivity contribution in [2.24, 2.45) is 25.9 Å². The Labute approximate surface area is 544 Å². The number of halogens is 7. The standard InChI is InChI=1S/C29H32F3N6O2.C26H27F4N6O2.2K/c1-34-24(19-12-13-19)23(25(33)39-3)26-35-14-21(18-6-4-5-7-18)28(37-26)40-16-17-8-10-20(11-9-17)27-36-22(15-38(27)2)29(30,31)32;1-5-15-11-33-23(20(22(31)37-4)21(32-2)16-7-8-16)35-25(15)38-13-14-6-9-17(18(27)10-14)24-34-19(12-36(24)3)26(28,29)30;;/h8-11,14-15,18-19,33H,4-7,12-13,16H2,1-3H3;6,9-12,16,31H,5,7-8,13H2,1-4H3;;/q2*-1;2*+1/b24-23+,33-25?;21-20+,31-22?;;. The topological polar surface area (TPSA) is 200 Å². The van der Waals surface area contributed by atoms with E-state index in [1.54, 1.807) is 44.7 Å². The van der Waals surface area contributed by atoms with Crippen LogP contribution in [0, 0.1) is 28.5 Å². The van der Waals surface area contributed by atoms with Gasteiger partial charge in [0.05, 0.1) is 30.9 Å². The summed E-state index contributed by atoms with van der Waals surface area (Å²) in [6.07, 6.45) is 4.92. The summed E-state index contributed by atoms with van der Waals surface area (Å²) in [6, 6.07) is 11.2. The van der Waals surface area contributed by atoms with Crippen molar-refractivity contribution in [2.75, 3.05) is 28.3 Å². The molecule has 0 saturated heterocycles. The number of aromatic nitrogens is 8. The largest absolute Gasteiger partial charge is 1.00 e. The van der Waals surface area contributed by atoms with Crippen LogP contribution in [0.25, 0.3) is 44.6 Å². The number of methoxy groups -OCH3 is 2. The molecular formula is C55H59F7K2N12O4. The summed E-state index contributed by atoms with van der Waals surface area (Å²) in [5, 5.41) is 25.5. The van der Waals surface area contributed by atoms with Gasteiger partial charge in [-0.15, -0.1) is 25.5 Å². The molecule has 3 saturated carbocycles. The fourth-order valence-electron chi connectivity index (χ4n) is 9.19. The maximum absolute atomic E-state index is 14.9. The summed E-state index contributed by atoms with van der Waals surface area (Å²) in [5.74, 6) is 1.34. The van der Waals surface area contributed by atoms with Crippen LogP contribution in [-0.4, -0.2) is 79.1 Å². The molecule has 3 fully saturated rings. The van der Waals surface area contributed by atoms with Gasteiger partial charge >= 0.3 is 115 Å². The number of hydrogen-bond acceptors (Lipinski definition) is 12. The molecule has 9 rings (SSSR count). The Morgan fingerprint density at radius 3 is 1.60 bits per heavy atom. The second kappa shape index (κ2) is 28.1. The van der Waals surface area contributed by atoms with E-state index in [0.29, 0.717) is 57.6 Å². The minimum absolute atomic E-state index is 0. The van der Waals surface area contributed by atoms with Gasteiger partial charge in [0.2, 0.25) is 23.6 Å². The van der Waals surface area contributed by atoms with Gasteiger partial charge in [0, 0.05) is 55.6 Å². The van der Waals surface area contributed by atoms with Gasteiger partial charge in [0.1, 0.15) is 30.7 Å². The summed E-state index contributed by atoms with van der Waals surface area (Å²) in [5.41, 5.74) is 3.76. The number of allylic oxidation sites excluding steroid dienone is 2. The van der Waals surface area contributed by atoms with Crippen LogP contribution in [-0.2, 0) is 55.6 Å². The predicted octanol–water partition coefficient (Wildman–Crippen LogP) is 6.81. The first-order valence-electron chi connectivity index (χ1n) is 25.3. The molecule has 6 aromatic rings. The van der Waals surface area contributed by atoms with E-state index >= 15 is 0 Å². The first kappa shape index (κ1) is 64.6. The van der Waals surface area contributed by atoms with Crippen LogP contribution in [0.1, 0.15) is 109 Å². The molecule has 0 bridgehead atoms. The number of benzene rings is 2. The molecule has 0 atom stereocenters. The molecule has 0 amide bonds.